The summed E-state index contributed by atoms with van der Waals surface area (Å²) in [5.41, 5.74) is 1.27. The largest absolute Gasteiger partial charge is 0.459 e. The van der Waals surface area contributed by atoms with E-state index < -0.39 is 26.8 Å². The molecule has 41 heavy (non-hydrogen) atoms. The van der Waals surface area contributed by atoms with E-state index in [1.54, 1.807) is 68.8 Å². The Balaban J connectivity index is 1.77. The normalized spacial score (nSPS) is 18.5. The Kier molecular flexibility index (Phi) is 13.5. The van der Waals surface area contributed by atoms with E-state index in [1.807, 2.05) is 33.9 Å². The van der Waals surface area contributed by atoms with Crippen LogP contribution in [0.2, 0.25) is 0 Å². The topological polar surface area (TPSA) is 113 Å². The van der Waals surface area contributed by atoms with Gasteiger partial charge in [0.15, 0.2) is 14.4 Å². The molecule has 3 atom stereocenters. The Bertz CT molecular complexity index is 1250. The lowest BCUT2D eigenvalue weighted by atomic mass is 10.2. The molecule has 0 aliphatic carbocycles. The van der Waals surface area contributed by atoms with Crippen molar-refractivity contribution in [3.8, 4) is 0 Å². The summed E-state index contributed by atoms with van der Waals surface area (Å²) < 4.78 is 21.4. The molecule has 2 aromatic rings. The molecule has 11 nitrogen and oxygen atoms in total. The van der Waals surface area contributed by atoms with Gasteiger partial charge in [0, 0.05) is 39.5 Å². The Morgan fingerprint density at radius 1 is 1.22 bits per heavy atom. The van der Waals surface area contributed by atoms with Gasteiger partial charge in [-0.05, 0) is 29.2 Å². The maximum absolute atomic E-state index is 12.5. The van der Waals surface area contributed by atoms with E-state index in [2.05, 4.69) is 22.0 Å². The van der Waals surface area contributed by atoms with Crippen molar-refractivity contribution in [3.05, 3.63) is 84.1 Å². The third-order valence-corrected chi connectivity index (χ3v) is 9.46. The summed E-state index contributed by atoms with van der Waals surface area (Å²) >= 11 is 4.29. The molecule has 14 heteroatoms. The molecular weight excluding hydrogens is 585 g/mol. The first-order valence-corrected chi connectivity index (χ1v) is 15.4. The van der Waals surface area contributed by atoms with Gasteiger partial charge in [-0.3, -0.25) is 14.7 Å². The average Bonchev–Trinajstić information content (AvgIpc) is 3.02. The summed E-state index contributed by atoms with van der Waals surface area (Å²) in [6.07, 6.45) is 2.38. The molecule has 2 aromatic carbocycles. The third-order valence-electron chi connectivity index (χ3n) is 5.82. The molecule has 1 saturated heterocycles. The minimum absolute atomic E-state index is 0.0322. The molecule has 3 rings (SSSR count). The van der Waals surface area contributed by atoms with Gasteiger partial charge in [-0.15, -0.1) is 0 Å². The predicted octanol–water partition coefficient (Wildman–Crippen LogP) is 3.63. The van der Waals surface area contributed by atoms with E-state index in [4.69, 9.17) is 14.0 Å². The number of nitrogens with zero attached hydrogens (tertiary/aromatic N) is 4. The van der Waals surface area contributed by atoms with Gasteiger partial charge in [0.25, 0.3) is 0 Å². The molecule has 0 spiro atoms. The SMILES string of the molecule is CN=C(/C=C\N(C=O)C1CN(P(OC)N(C)SS)CC(COC(=O)c2ccccc2)O1)NC(=C=O)c1ccccc1. The van der Waals surface area contributed by atoms with Crippen LogP contribution < -0.4 is 5.32 Å². The number of amides is 1. The summed E-state index contributed by atoms with van der Waals surface area (Å²) in [6, 6.07) is 17.7. The van der Waals surface area contributed by atoms with Crippen LogP contribution >= 0.6 is 31.1 Å². The molecule has 0 radical (unpaired) electrons. The number of esters is 1. The highest BCUT2D eigenvalue weighted by Crippen LogP contribution is 2.49. The van der Waals surface area contributed by atoms with Gasteiger partial charge in [-0.1, -0.05) is 60.2 Å². The molecule has 1 fully saturated rings. The van der Waals surface area contributed by atoms with Crippen molar-refractivity contribution >= 4 is 60.9 Å². The lowest BCUT2D eigenvalue weighted by Crippen LogP contribution is -2.53. The average molecular weight is 618 g/mol. The molecule has 1 aliphatic rings. The lowest BCUT2D eigenvalue weighted by Gasteiger charge is -2.43. The molecule has 218 valence electrons. The maximum atomic E-state index is 12.5. The number of thiol groups is 1. The predicted molar refractivity (Wildman–Crippen MR) is 164 cm³/mol. The van der Waals surface area contributed by atoms with Crippen LogP contribution in [-0.2, 0) is 23.6 Å². The number of aliphatic imine (C=N–C) groups is 1. The molecule has 3 unspecified atom stereocenters. The fourth-order valence-corrected chi connectivity index (χ4v) is 6.62. The lowest BCUT2D eigenvalue weighted by molar-refractivity contribution is -0.151. The minimum atomic E-state index is -1.27. The van der Waals surface area contributed by atoms with Gasteiger partial charge < -0.3 is 19.3 Å². The van der Waals surface area contributed by atoms with Crippen molar-refractivity contribution in [1.29, 1.82) is 0 Å². The van der Waals surface area contributed by atoms with E-state index in [0.717, 1.165) is 0 Å². The van der Waals surface area contributed by atoms with E-state index in [0.29, 0.717) is 36.5 Å². The van der Waals surface area contributed by atoms with Crippen molar-refractivity contribution in [2.24, 2.45) is 4.99 Å². The van der Waals surface area contributed by atoms with Gasteiger partial charge in [-0.25, -0.2) is 14.3 Å². The van der Waals surface area contributed by atoms with Crippen molar-refractivity contribution in [3.63, 3.8) is 0 Å². The molecule has 0 aromatic heterocycles. The Morgan fingerprint density at radius 3 is 2.44 bits per heavy atom. The summed E-state index contributed by atoms with van der Waals surface area (Å²) in [7, 11) is 4.94. The fraction of sp³-hybridized carbons (Fsp3) is 0.296. The second-order valence-corrected chi connectivity index (χ2v) is 12.0. The second-order valence-electron chi connectivity index (χ2n) is 8.48. The standard InChI is InChI=1S/C27H32N5O6PS2/c1-28-25(29-24(18-33)21-10-6-4-7-11-21)14-15-31(20-34)26-17-32(39(36-3)30(2)41-40)16-23(38-26)19-37-27(35)22-12-8-5-9-13-22/h4-15,20,23,26,40H,16-17,19H2,1-3H3,(H,28,29)/b15-14-. The Hall–Kier alpha value is -2.99. The quantitative estimate of drug-likeness (QED) is 0.0398. The second kappa shape index (κ2) is 17.1. The summed E-state index contributed by atoms with van der Waals surface area (Å²) in [6.45, 7) is 0.663. The Morgan fingerprint density at radius 2 is 1.88 bits per heavy atom. The smallest absolute Gasteiger partial charge is 0.338 e. The van der Waals surface area contributed by atoms with Crippen LogP contribution in [-0.4, -0.2) is 91.0 Å². The number of morpholine rings is 1. The zero-order valence-electron chi connectivity index (χ0n) is 22.8. The van der Waals surface area contributed by atoms with Gasteiger partial charge in [-0.2, -0.15) is 4.08 Å². The maximum Gasteiger partial charge on any atom is 0.338 e. The van der Waals surface area contributed by atoms with Gasteiger partial charge >= 0.3 is 5.97 Å². The van der Waals surface area contributed by atoms with Gasteiger partial charge in [0.2, 0.25) is 6.41 Å². The van der Waals surface area contributed by atoms with Crippen molar-refractivity contribution < 1.29 is 28.4 Å². The highest BCUT2D eigenvalue weighted by atomic mass is 33.1. The number of ether oxygens (including phenoxy) is 2. The molecule has 1 heterocycles. The van der Waals surface area contributed by atoms with E-state index in [1.165, 1.54) is 22.1 Å². The first kappa shape index (κ1) is 32.5. The van der Waals surface area contributed by atoms with Crippen LogP contribution in [0.1, 0.15) is 15.9 Å². The number of rotatable bonds is 13. The summed E-state index contributed by atoms with van der Waals surface area (Å²) in [4.78, 5) is 41.9. The number of benzene rings is 2. The number of carbonyl (C=O) groups excluding carboxylic acids is 3. The molecular formula is C27H32N5O6PS2. The molecule has 0 saturated carbocycles. The zero-order chi connectivity index (χ0) is 29.6. The number of hydrogen-bond donors (Lipinski definition) is 2. The first-order chi connectivity index (χ1) is 19.9. The van der Waals surface area contributed by atoms with Crippen molar-refractivity contribution in [2.45, 2.75) is 12.3 Å². The van der Waals surface area contributed by atoms with Crippen LogP contribution in [0.15, 0.2) is 77.9 Å². The minimum Gasteiger partial charge on any atom is -0.459 e. The van der Waals surface area contributed by atoms with E-state index >= 15 is 0 Å². The fourth-order valence-electron chi connectivity index (χ4n) is 3.88. The number of nitrogens with one attached hydrogen (secondary N) is 1. The summed E-state index contributed by atoms with van der Waals surface area (Å²) in [5, 5.41) is 2.94. The molecule has 0 bridgehead atoms. The van der Waals surface area contributed by atoms with Crippen LogP contribution in [0.3, 0.4) is 0 Å². The van der Waals surface area contributed by atoms with Crippen LogP contribution in [0.25, 0.3) is 5.70 Å². The highest BCUT2D eigenvalue weighted by molar-refractivity contribution is 8.68. The monoisotopic (exact) mass is 617 g/mol. The highest BCUT2D eigenvalue weighted by Gasteiger charge is 2.37. The molecule has 1 amide bonds. The molecule has 1 aliphatic heterocycles. The van der Waals surface area contributed by atoms with E-state index in [9.17, 15) is 14.4 Å². The van der Waals surface area contributed by atoms with Gasteiger partial charge in [0.05, 0.1) is 12.1 Å². The van der Waals surface area contributed by atoms with Gasteiger partial charge in [0.1, 0.15) is 30.5 Å². The number of amidine groups is 1. The number of hydrogen-bond acceptors (Lipinski definition) is 11. The number of carbonyl (C=O) groups is 2. The van der Waals surface area contributed by atoms with Crippen molar-refractivity contribution in [1.82, 2.24) is 19.0 Å². The Labute approximate surface area is 250 Å². The zero-order valence-corrected chi connectivity index (χ0v) is 25.4. The summed E-state index contributed by atoms with van der Waals surface area (Å²) in [5.74, 6) is 1.74. The van der Waals surface area contributed by atoms with E-state index in [-0.39, 0.29) is 12.3 Å². The third kappa shape index (κ3) is 9.53. The van der Waals surface area contributed by atoms with Crippen molar-refractivity contribution in [2.75, 3.05) is 40.9 Å². The first-order valence-electron chi connectivity index (χ1n) is 12.4. The molecule has 1 N–H and O–H groups in total. The van der Waals surface area contributed by atoms with Crippen LogP contribution in [0, 0.1) is 0 Å². The van der Waals surface area contributed by atoms with Crippen LogP contribution in [0.5, 0.6) is 0 Å². The van der Waals surface area contributed by atoms with Crippen LogP contribution in [0.4, 0.5) is 0 Å².